The summed E-state index contributed by atoms with van der Waals surface area (Å²) < 4.78 is 0. The number of likely N-dealkylation sites (N-methyl/N-ethyl adjacent to an activating group) is 1. The minimum Gasteiger partial charge on any atom is -0.338 e. The van der Waals surface area contributed by atoms with Gasteiger partial charge in [-0.3, -0.25) is 9.98 Å². The van der Waals surface area contributed by atoms with Crippen LogP contribution in [-0.4, -0.2) is 55.4 Å². The summed E-state index contributed by atoms with van der Waals surface area (Å²) in [6.07, 6.45) is 14.3. The zero-order valence-electron chi connectivity index (χ0n) is 14.2. The molecule has 1 heterocycles. The number of thiol groups is 1. The molecule has 124 valence electrons. The van der Waals surface area contributed by atoms with Crippen molar-refractivity contribution in [2.45, 2.75) is 23.7 Å². The van der Waals surface area contributed by atoms with Crippen molar-refractivity contribution in [1.82, 2.24) is 14.8 Å². The van der Waals surface area contributed by atoms with E-state index in [4.69, 9.17) is 0 Å². The number of allylic oxidation sites excluding steroid dienone is 2. The fourth-order valence-corrected chi connectivity index (χ4v) is 2.66. The maximum atomic E-state index is 4.65. The van der Waals surface area contributed by atoms with Crippen molar-refractivity contribution in [2.24, 2.45) is 4.99 Å². The van der Waals surface area contributed by atoms with Crippen LogP contribution in [0.4, 0.5) is 0 Å². The van der Waals surface area contributed by atoms with Crippen molar-refractivity contribution in [3.05, 3.63) is 41.9 Å². The van der Waals surface area contributed by atoms with Crippen LogP contribution < -0.4 is 0 Å². The van der Waals surface area contributed by atoms with E-state index in [9.17, 15) is 0 Å². The van der Waals surface area contributed by atoms with E-state index in [-0.39, 0.29) is 0 Å². The molecule has 1 saturated carbocycles. The molecule has 1 fully saturated rings. The number of aliphatic imine (C=N–C) groups is 1. The molecule has 0 spiro atoms. The number of aromatic nitrogens is 1. The third-order valence-electron chi connectivity index (χ3n) is 3.71. The van der Waals surface area contributed by atoms with Crippen LogP contribution in [0.15, 0.2) is 40.5 Å². The molecule has 4 nitrogen and oxygen atoms in total. The summed E-state index contributed by atoms with van der Waals surface area (Å²) in [7, 11) is 5.92. The predicted molar refractivity (Wildman–Crippen MR) is 101 cm³/mol. The Balaban J connectivity index is 1.97. The summed E-state index contributed by atoms with van der Waals surface area (Å²) in [6.45, 7) is 1.88. The molecule has 0 amide bonds. The van der Waals surface area contributed by atoms with Gasteiger partial charge in [-0.05, 0) is 56.6 Å². The third-order valence-corrected chi connectivity index (χ3v) is 4.20. The first-order valence-corrected chi connectivity index (χ1v) is 8.42. The molecule has 0 aliphatic heterocycles. The first-order chi connectivity index (χ1) is 11.1. The summed E-state index contributed by atoms with van der Waals surface area (Å²) in [4.78, 5) is 13.7. The van der Waals surface area contributed by atoms with Crippen LogP contribution in [0.3, 0.4) is 0 Å². The second-order valence-corrected chi connectivity index (χ2v) is 6.47. The monoisotopic (exact) mass is 330 g/mol. The average Bonchev–Trinajstić information content (AvgIpc) is 3.35. The second kappa shape index (κ2) is 8.89. The molecule has 1 aromatic rings. The van der Waals surface area contributed by atoms with Crippen molar-refractivity contribution in [3.8, 4) is 0 Å². The Hall–Kier alpha value is -1.59. The van der Waals surface area contributed by atoms with Crippen molar-refractivity contribution < 1.29 is 0 Å². The van der Waals surface area contributed by atoms with E-state index in [0.29, 0.717) is 5.92 Å². The van der Waals surface area contributed by atoms with E-state index >= 15 is 0 Å². The molecule has 1 aliphatic rings. The van der Waals surface area contributed by atoms with Gasteiger partial charge in [-0.2, -0.15) is 0 Å². The van der Waals surface area contributed by atoms with Crippen LogP contribution in [-0.2, 0) is 0 Å². The molecule has 23 heavy (non-hydrogen) atoms. The zero-order valence-corrected chi connectivity index (χ0v) is 15.1. The Kier molecular flexibility index (Phi) is 6.86. The van der Waals surface area contributed by atoms with Crippen LogP contribution in [0.25, 0.3) is 6.08 Å². The molecule has 5 heteroatoms. The SMILES string of the molecule is CN=CN(/C=C/C=C/c1nccc(C2CC2)c1S)CCN(C)C. The molecular formula is C18H26N4S. The highest BCUT2D eigenvalue weighted by Crippen LogP contribution is 2.43. The van der Waals surface area contributed by atoms with Gasteiger partial charge in [0.25, 0.3) is 0 Å². The Labute approximate surface area is 145 Å². The summed E-state index contributed by atoms with van der Waals surface area (Å²) in [5, 5.41) is 0. The molecule has 0 N–H and O–H groups in total. The largest absolute Gasteiger partial charge is 0.338 e. The van der Waals surface area contributed by atoms with Crippen LogP contribution in [0.5, 0.6) is 0 Å². The van der Waals surface area contributed by atoms with E-state index in [2.05, 4.69) is 52.6 Å². The number of nitrogens with zero attached hydrogens (tertiary/aromatic N) is 4. The maximum Gasteiger partial charge on any atom is 0.0886 e. The van der Waals surface area contributed by atoms with Gasteiger partial charge < -0.3 is 9.80 Å². The van der Waals surface area contributed by atoms with Gasteiger partial charge in [0.1, 0.15) is 0 Å². The van der Waals surface area contributed by atoms with Crippen molar-refractivity contribution in [3.63, 3.8) is 0 Å². The van der Waals surface area contributed by atoms with Gasteiger partial charge in [-0.1, -0.05) is 6.08 Å². The lowest BCUT2D eigenvalue weighted by molar-refractivity contribution is 0.373. The Morgan fingerprint density at radius 1 is 1.30 bits per heavy atom. The number of pyridine rings is 1. The lowest BCUT2D eigenvalue weighted by atomic mass is 10.1. The van der Waals surface area contributed by atoms with Crippen molar-refractivity contribution >= 4 is 25.0 Å². The van der Waals surface area contributed by atoms with Gasteiger partial charge in [-0.15, -0.1) is 12.6 Å². The van der Waals surface area contributed by atoms with Gasteiger partial charge in [0.15, 0.2) is 0 Å². The van der Waals surface area contributed by atoms with Gasteiger partial charge in [0.05, 0.1) is 12.0 Å². The second-order valence-electron chi connectivity index (χ2n) is 6.02. The zero-order chi connectivity index (χ0) is 16.7. The highest BCUT2D eigenvalue weighted by molar-refractivity contribution is 7.80. The minimum atomic E-state index is 0.690. The molecule has 0 radical (unpaired) electrons. The van der Waals surface area contributed by atoms with E-state index in [0.717, 1.165) is 23.7 Å². The highest BCUT2D eigenvalue weighted by Gasteiger charge is 2.25. The summed E-state index contributed by atoms with van der Waals surface area (Å²) in [6, 6.07) is 2.09. The Morgan fingerprint density at radius 2 is 2.09 bits per heavy atom. The van der Waals surface area contributed by atoms with Crippen LogP contribution >= 0.6 is 12.6 Å². The summed E-state index contributed by atoms with van der Waals surface area (Å²) in [5.41, 5.74) is 2.27. The highest BCUT2D eigenvalue weighted by atomic mass is 32.1. The molecule has 0 bridgehead atoms. The first-order valence-electron chi connectivity index (χ1n) is 7.97. The topological polar surface area (TPSA) is 31.7 Å². The molecule has 0 unspecified atom stereocenters. The maximum absolute atomic E-state index is 4.65. The number of rotatable bonds is 8. The summed E-state index contributed by atoms with van der Waals surface area (Å²) >= 11 is 4.65. The van der Waals surface area contributed by atoms with Gasteiger partial charge in [0, 0.05) is 37.4 Å². The average molecular weight is 331 g/mol. The molecule has 1 aliphatic carbocycles. The molecule has 0 atom stereocenters. The van der Waals surface area contributed by atoms with Crippen LogP contribution in [0.1, 0.15) is 30.0 Å². The van der Waals surface area contributed by atoms with Crippen molar-refractivity contribution in [1.29, 1.82) is 0 Å². The standard InChI is InChI=1S/C18H26N4S/c1-19-14-22(13-12-21(2)3)11-5-4-6-17-18(23)16(9-10-20-17)15-7-8-15/h4-6,9-11,14-15,23H,7-8,12-13H2,1-3H3/b6-4+,11-5+,19-14?. The summed E-state index contributed by atoms with van der Waals surface area (Å²) in [5.74, 6) is 0.690. The van der Waals surface area contributed by atoms with E-state index in [1.54, 1.807) is 7.05 Å². The van der Waals surface area contributed by atoms with Gasteiger partial charge in [-0.25, -0.2) is 0 Å². The fraction of sp³-hybridized carbons (Fsp3) is 0.444. The Morgan fingerprint density at radius 3 is 2.74 bits per heavy atom. The molecule has 1 aromatic heterocycles. The molecule has 0 aromatic carbocycles. The quantitative estimate of drug-likeness (QED) is 0.343. The van der Waals surface area contributed by atoms with Gasteiger partial charge >= 0.3 is 0 Å². The molecular weight excluding hydrogens is 304 g/mol. The number of hydrogen-bond acceptors (Lipinski definition) is 4. The van der Waals surface area contributed by atoms with Crippen LogP contribution in [0.2, 0.25) is 0 Å². The minimum absolute atomic E-state index is 0.690. The molecule has 2 rings (SSSR count). The first kappa shape index (κ1) is 17.8. The van der Waals surface area contributed by atoms with Crippen molar-refractivity contribution in [2.75, 3.05) is 34.2 Å². The number of hydrogen-bond donors (Lipinski definition) is 1. The lowest BCUT2D eigenvalue weighted by Crippen LogP contribution is -2.26. The normalized spacial score (nSPS) is 15.5. The fourth-order valence-electron chi connectivity index (χ4n) is 2.27. The van der Waals surface area contributed by atoms with Gasteiger partial charge in [0.2, 0.25) is 0 Å². The van der Waals surface area contributed by atoms with E-state index in [1.165, 1.54) is 18.4 Å². The predicted octanol–water partition coefficient (Wildman–Crippen LogP) is 3.30. The third kappa shape index (κ3) is 5.84. The van der Waals surface area contributed by atoms with E-state index in [1.807, 2.05) is 37.0 Å². The van der Waals surface area contributed by atoms with Crippen LogP contribution in [0, 0.1) is 0 Å². The van der Waals surface area contributed by atoms with E-state index < -0.39 is 0 Å². The lowest BCUT2D eigenvalue weighted by Gasteiger charge is -2.17. The Bertz CT molecular complexity index is 589. The molecule has 0 saturated heterocycles. The smallest absolute Gasteiger partial charge is 0.0886 e.